The fourth-order valence-corrected chi connectivity index (χ4v) is 4.48. The van der Waals surface area contributed by atoms with Crippen molar-refractivity contribution in [1.82, 2.24) is 10.2 Å². The number of rotatable bonds is 7. The summed E-state index contributed by atoms with van der Waals surface area (Å²) >= 11 is 0. The second-order valence-electron chi connectivity index (χ2n) is 7.00. The molecule has 2 atom stereocenters. The van der Waals surface area contributed by atoms with Crippen LogP contribution in [0.2, 0.25) is 0 Å². The van der Waals surface area contributed by atoms with Gasteiger partial charge in [0.25, 0.3) is 0 Å². The van der Waals surface area contributed by atoms with Gasteiger partial charge in [-0.15, -0.1) is 12.4 Å². The maximum Gasteiger partial charge on any atom is 0.178 e. The van der Waals surface area contributed by atoms with Gasteiger partial charge < -0.3 is 10.2 Å². The Balaban J connectivity index is 0.00000261. The van der Waals surface area contributed by atoms with Crippen molar-refractivity contribution in [1.29, 1.82) is 0 Å². The van der Waals surface area contributed by atoms with Gasteiger partial charge in [-0.05, 0) is 49.7 Å². The number of benzene rings is 2. The van der Waals surface area contributed by atoms with E-state index in [0.717, 1.165) is 18.7 Å². The monoisotopic (exact) mass is 408 g/mol. The van der Waals surface area contributed by atoms with Gasteiger partial charge in [-0.1, -0.05) is 49.4 Å². The van der Waals surface area contributed by atoms with Gasteiger partial charge in [0.2, 0.25) is 0 Å². The first-order valence-electron chi connectivity index (χ1n) is 9.32. The first-order valence-corrected chi connectivity index (χ1v) is 11.0. The predicted octanol–water partition coefficient (Wildman–Crippen LogP) is 3.68. The van der Waals surface area contributed by atoms with Gasteiger partial charge in [-0.25, -0.2) is 8.42 Å². The average molecular weight is 409 g/mol. The normalized spacial score (nSPS) is 18.8. The van der Waals surface area contributed by atoms with Gasteiger partial charge in [0.15, 0.2) is 9.84 Å². The summed E-state index contributed by atoms with van der Waals surface area (Å²) in [5, 5.41) is 3.71. The topological polar surface area (TPSA) is 49.4 Å². The van der Waals surface area contributed by atoms with E-state index in [-0.39, 0.29) is 24.2 Å². The summed E-state index contributed by atoms with van der Waals surface area (Å²) in [5.41, 5.74) is 2.28. The van der Waals surface area contributed by atoms with Gasteiger partial charge in [-0.2, -0.15) is 0 Å². The Kier molecular flexibility index (Phi) is 7.86. The number of likely N-dealkylation sites (N-methyl/N-ethyl adjacent to an activating group) is 1. The summed E-state index contributed by atoms with van der Waals surface area (Å²) in [4.78, 5) is 2.80. The minimum Gasteiger partial charge on any atom is -0.305 e. The molecule has 0 saturated carbocycles. The van der Waals surface area contributed by atoms with E-state index in [0.29, 0.717) is 10.9 Å². The Hall–Kier alpha value is -1.40. The van der Waals surface area contributed by atoms with Gasteiger partial charge >= 0.3 is 0 Å². The molecule has 2 aromatic rings. The molecular formula is C21H29ClN2O2S. The molecule has 0 spiro atoms. The highest BCUT2D eigenvalue weighted by Crippen LogP contribution is 2.25. The van der Waals surface area contributed by atoms with Crippen molar-refractivity contribution >= 4 is 22.2 Å². The maximum atomic E-state index is 12.1. The minimum atomic E-state index is -3.17. The summed E-state index contributed by atoms with van der Waals surface area (Å²) in [6.07, 6.45) is 2.47. The van der Waals surface area contributed by atoms with Gasteiger partial charge in [0, 0.05) is 12.6 Å². The van der Waals surface area contributed by atoms with Crippen LogP contribution < -0.4 is 5.32 Å². The molecule has 1 saturated heterocycles. The number of nitrogens with zero attached hydrogens (tertiary/aromatic N) is 1. The van der Waals surface area contributed by atoms with Crippen molar-refractivity contribution in [3.8, 4) is 0 Å². The quantitative estimate of drug-likeness (QED) is 0.759. The third-order valence-corrected chi connectivity index (χ3v) is 7.07. The molecule has 0 aliphatic carbocycles. The zero-order chi connectivity index (χ0) is 18.6. The number of sulfone groups is 1. The summed E-state index contributed by atoms with van der Waals surface area (Å²) in [5.74, 6) is 0.126. The molecule has 1 aliphatic heterocycles. The zero-order valence-electron chi connectivity index (χ0n) is 16.0. The van der Waals surface area contributed by atoms with Crippen molar-refractivity contribution in [2.75, 3.05) is 25.9 Å². The van der Waals surface area contributed by atoms with Crippen molar-refractivity contribution in [3.05, 3.63) is 65.7 Å². The minimum absolute atomic E-state index is 0. The van der Waals surface area contributed by atoms with E-state index in [2.05, 4.69) is 29.4 Å². The summed E-state index contributed by atoms with van der Waals surface area (Å²) in [6.45, 7) is 3.76. The SMILES string of the molecule is CCS(=O)(=O)c1ccc(C(NCC2CCCN2C)c2ccccc2)cc1.Cl. The molecule has 1 heterocycles. The number of halogens is 1. The van der Waals surface area contributed by atoms with Crippen LogP contribution in [-0.4, -0.2) is 45.2 Å². The lowest BCUT2D eigenvalue weighted by Gasteiger charge is -2.25. The molecule has 3 rings (SSSR count). The smallest absolute Gasteiger partial charge is 0.178 e. The average Bonchev–Trinajstić information content (AvgIpc) is 3.08. The molecule has 2 aromatic carbocycles. The van der Waals surface area contributed by atoms with Crippen LogP contribution in [0.4, 0.5) is 0 Å². The highest BCUT2D eigenvalue weighted by Gasteiger charge is 2.23. The Bertz CT molecular complexity index is 810. The van der Waals surface area contributed by atoms with Crippen LogP contribution in [0.25, 0.3) is 0 Å². The Morgan fingerprint density at radius 3 is 2.26 bits per heavy atom. The molecule has 0 radical (unpaired) electrons. The van der Waals surface area contributed by atoms with E-state index < -0.39 is 9.84 Å². The number of likely N-dealkylation sites (tertiary alicyclic amines) is 1. The molecule has 0 amide bonds. The molecule has 148 valence electrons. The molecule has 27 heavy (non-hydrogen) atoms. The van der Waals surface area contributed by atoms with E-state index in [1.165, 1.54) is 18.4 Å². The zero-order valence-corrected chi connectivity index (χ0v) is 17.6. The van der Waals surface area contributed by atoms with Crippen LogP contribution in [-0.2, 0) is 9.84 Å². The highest BCUT2D eigenvalue weighted by molar-refractivity contribution is 7.91. The standard InChI is InChI=1S/C21H28N2O2S.ClH/c1-3-26(24,25)20-13-11-18(12-14-20)21(17-8-5-4-6-9-17)22-16-19-10-7-15-23(19)2;/h4-6,8-9,11-14,19,21-22H,3,7,10,15-16H2,1-2H3;1H. The highest BCUT2D eigenvalue weighted by atomic mass is 35.5. The van der Waals surface area contributed by atoms with Crippen LogP contribution in [0, 0.1) is 0 Å². The van der Waals surface area contributed by atoms with E-state index in [4.69, 9.17) is 0 Å². The van der Waals surface area contributed by atoms with Crippen molar-refractivity contribution in [3.63, 3.8) is 0 Å². The van der Waals surface area contributed by atoms with Crippen molar-refractivity contribution < 1.29 is 8.42 Å². The second kappa shape index (κ2) is 9.69. The predicted molar refractivity (Wildman–Crippen MR) is 113 cm³/mol. The van der Waals surface area contributed by atoms with E-state index in [1.807, 2.05) is 30.3 Å². The molecule has 1 aliphatic rings. The van der Waals surface area contributed by atoms with Gasteiger partial charge in [0.1, 0.15) is 0 Å². The molecule has 1 N–H and O–H groups in total. The van der Waals surface area contributed by atoms with Gasteiger partial charge in [0.05, 0.1) is 16.7 Å². The van der Waals surface area contributed by atoms with Crippen LogP contribution in [0.5, 0.6) is 0 Å². The Morgan fingerprint density at radius 1 is 1.07 bits per heavy atom. The summed E-state index contributed by atoms with van der Waals surface area (Å²) in [7, 11) is -0.983. The van der Waals surface area contributed by atoms with Crippen molar-refractivity contribution in [2.24, 2.45) is 0 Å². The molecule has 4 nitrogen and oxygen atoms in total. The first kappa shape index (κ1) is 21.9. The summed E-state index contributed by atoms with van der Waals surface area (Å²) < 4.78 is 24.1. The van der Waals surface area contributed by atoms with E-state index in [9.17, 15) is 8.42 Å². The lowest BCUT2D eigenvalue weighted by molar-refractivity contribution is 0.295. The second-order valence-corrected chi connectivity index (χ2v) is 9.28. The van der Waals surface area contributed by atoms with E-state index >= 15 is 0 Å². The van der Waals surface area contributed by atoms with Gasteiger partial charge in [-0.3, -0.25) is 0 Å². The number of hydrogen-bond acceptors (Lipinski definition) is 4. The third kappa shape index (κ3) is 5.32. The molecule has 0 aromatic heterocycles. The molecular weight excluding hydrogens is 380 g/mol. The summed E-state index contributed by atoms with van der Waals surface area (Å²) in [6, 6.07) is 18.3. The fraction of sp³-hybridized carbons (Fsp3) is 0.429. The lowest BCUT2D eigenvalue weighted by Crippen LogP contribution is -2.37. The molecule has 6 heteroatoms. The van der Waals surface area contributed by atoms with Crippen LogP contribution >= 0.6 is 12.4 Å². The van der Waals surface area contributed by atoms with Crippen LogP contribution in [0.15, 0.2) is 59.5 Å². The van der Waals surface area contributed by atoms with Crippen LogP contribution in [0.1, 0.15) is 36.9 Å². The lowest BCUT2D eigenvalue weighted by atomic mass is 9.98. The van der Waals surface area contributed by atoms with E-state index in [1.54, 1.807) is 19.1 Å². The van der Waals surface area contributed by atoms with Crippen LogP contribution in [0.3, 0.4) is 0 Å². The molecule has 2 unspecified atom stereocenters. The largest absolute Gasteiger partial charge is 0.305 e. The Morgan fingerprint density at radius 2 is 1.70 bits per heavy atom. The van der Waals surface area contributed by atoms with Crippen molar-refractivity contribution in [2.45, 2.75) is 36.7 Å². The number of hydrogen-bond donors (Lipinski definition) is 1. The third-order valence-electron chi connectivity index (χ3n) is 5.31. The Labute approximate surface area is 169 Å². The maximum absolute atomic E-state index is 12.1. The first-order chi connectivity index (χ1) is 12.5. The molecule has 0 bridgehead atoms. The fourth-order valence-electron chi connectivity index (χ4n) is 3.60. The molecule has 1 fully saturated rings. The number of nitrogens with one attached hydrogen (secondary N) is 1.